The summed E-state index contributed by atoms with van der Waals surface area (Å²) in [6.45, 7) is 1.21. The van der Waals surface area contributed by atoms with Gasteiger partial charge in [0.05, 0.1) is 0 Å². The molecule has 2 aromatic carbocycles. The molecule has 116 valence electrons. The molecule has 0 aliphatic heterocycles. The number of hydrogen-bond acceptors (Lipinski definition) is 2. The van der Waals surface area contributed by atoms with Crippen molar-refractivity contribution in [1.82, 2.24) is 4.90 Å². The van der Waals surface area contributed by atoms with Crippen molar-refractivity contribution in [3.8, 4) is 5.75 Å². The van der Waals surface area contributed by atoms with E-state index in [1.54, 1.807) is 6.07 Å². The second-order valence-corrected chi connectivity index (χ2v) is 7.58. The summed E-state index contributed by atoms with van der Waals surface area (Å²) in [5.74, 6) is 3.69. The van der Waals surface area contributed by atoms with Crippen LogP contribution in [0.3, 0.4) is 0 Å². The maximum atomic E-state index is 9.63. The molecule has 0 aromatic heterocycles. The molecule has 0 unspecified atom stereocenters. The average molecular weight is 295 g/mol. The average Bonchev–Trinajstić information content (AvgIpc) is 3.07. The molecule has 2 fully saturated rings. The first kappa shape index (κ1) is 14.1. The number of phenolic OH excluding ortho intramolecular Hbond substituents is 1. The smallest absolute Gasteiger partial charge is 0.116 e. The Bertz CT molecular complexity index is 693. The quantitative estimate of drug-likeness (QED) is 0.915. The third-order valence-corrected chi connectivity index (χ3v) is 5.90. The zero-order valence-electron chi connectivity index (χ0n) is 13.5. The predicted octanol–water partition coefficient (Wildman–Crippen LogP) is 4.24. The van der Waals surface area contributed by atoms with Crippen molar-refractivity contribution < 1.29 is 5.11 Å². The molecule has 0 amide bonds. The van der Waals surface area contributed by atoms with E-state index < -0.39 is 0 Å². The lowest BCUT2D eigenvalue weighted by atomic mass is 9.75. The van der Waals surface area contributed by atoms with Gasteiger partial charge in [-0.3, -0.25) is 0 Å². The van der Waals surface area contributed by atoms with E-state index in [1.165, 1.54) is 36.8 Å². The van der Waals surface area contributed by atoms with Crippen molar-refractivity contribution in [3.05, 3.63) is 42.0 Å². The van der Waals surface area contributed by atoms with Gasteiger partial charge in [-0.05, 0) is 85.5 Å². The second kappa shape index (κ2) is 5.27. The van der Waals surface area contributed by atoms with Gasteiger partial charge in [0, 0.05) is 6.54 Å². The van der Waals surface area contributed by atoms with E-state index in [0.717, 1.165) is 29.1 Å². The van der Waals surface area contributed by atoms with Crippen molar-refractivity contribution in [2.24, 2.45) is 17.8 Å². The van der Waals surface area contributed by atoms with Gasteiger partial charge in [0.2, 0.25) is 0 Å². The van der Waals surface area contributed by atoms with E-state index in [4.69, 9.17) is 0 Å². The van der Waals surface area contributed by atoms with Gasteiger partial charge in [-0.15, -0.1) is 0 Å². The summed E-state index contributed by atoms with van der Waals surface area (Å²) in [4.78, 5) is 2.36. The summed E-state index contributed by atoms with van der Waals surface area (Å²) in [6.07, 6.45) is 4.27. The fourth-order valence-electron chi connectivity index (χ4n) is 5.07. The van der Waals surface area contributed by atoms with Crippen LogP contribution in [0.5, 0.6) is 5.75 Å². The molecule has 2 aliphatic rings. The second-order valence-electron chi connectivity index (χ2n) is 7.58. The Morgan fingerprint density at radius 1 is 1.00 bits per heavy atom. The normalized spacial score (nSPS) is 30.5. The molecular weight excluding hydrogens is 270 g/mol. The third-order valence-electron chi connectivity index (χ3n) is 5.90. The molecule has 4 rings (SSSR count). The molecule has 0 radical (unpaired) electrons. The number of rotatable bonds is 3. The Hall–Kier alpha value is -1.54. The first-order chi connectivity index (χ1) is 10.6. The van der Waals surface area contributed by atoms with Gasteiger partial charge in [-0.2, -0.15) is 0 Å². The summed E-state index contributed by atoms with van der Waals surface area (Å²) >= 11 is 0. The fourth-order valence-corrected chi connectivity index (χ4v) is 5.07. The summed E-state index contributed by atoms with van der Waals surface area (Å²) in [5, 5.41) is 12.0. The molecule has 2 saturated carbocycles. The highest BCUT2D eigenvalue weighted by atomic mass is 16.3. The Labute approximate surface area is 132 Å². The molecule has 22 heavy (non-hydrogen) atoms. The zero-order valence-corrected chi connectivity index (χ0v) is 13.5. The lowest BCUT2D eigenvalue weighted by Gasteiger charge is -2.33. The number of fused-ring (bicyclic) bond motifs is 3. The van der Waals surface area contributed by atoms with E-state index in [9.17, 15) is 5.11 Å². The minimum Gasteiger partial charge on any atom is -0.508 e. The number of phenols is 1. The van der Waals surface area contributed by atoms with Crippen molar-refractivity contribution >= 4 is 10.8 Å². The first-order valence-corrected chi connectivity index (χ1v) is 8.49. The number of nitrogens with zero attached hydrogens (tertiary/aromatic N) is 1. The number of hydrogen-bond donors (Lipinski definition) is 1. The molecular formula is C20H25NO. The molecule has 2 aliphatic carbocycles. The first-order valence-electron chi connectivity index (χ1n) is 8.49. The van der Waals surface area contributed by atoms with Crippen LogP contribution < -0.4 is 0 Å². The molecule has 0 heterocycles. The standard InChI is InChI=1S/C20H25NO/c1-21(2)12-19-15-4-6-17(10-15)20(19)16-5-3-14-11-18(22)8-7-13(14)9-16/h3,5,7-9,11,15,17,19-20,22H,4,6,10,12H2,1-2H3/t15-,17+,19-,20-/m0/s1. The van der Waals surface area contributed by atoms with Crippen LogP contribution in [-0.2, 0) is 0 Å². The van der Waals surface area contributed by atoms with Crippen LogP contribution in [0, 0.1) is 17.8 Å². The highest BCUT2D eigenvalue weighted by Crippen LogP contribution is 2.56. The zero-order chi connectivity index (χ0) is 15.3. The maximum Gasteiger partial charge on any atom is 0.116 e. The van der Waals surface area contributed by atoms with Crippen molar-refractivity contribution in [3.63, 3.8) is 0 Å². The number of aromatic hydroxyl groups is 1. The number of benzene rings is 2. The maximum absolute atomic E-state index is 9.63. The van der Waals surface area contributed by atoms with Gasteiger partial charge in [0.25, 0.3) is 0 Å². The topological polar surface area (TPSA) is 23.5 Å². The molecule has 0 saturated heterocycles. The van der Waals surface area contributed by atoms with Gasteiger partial charge in [0.15, 0.2) is 0 Å². The predicted molar refractivity (Wildman–Crippen MR) is 91.2 cm³/mol. The van der Waals surface area contributed by atoms with Crippen molar-refractivity contribution in [1.29, 1.82) is 0 Å². The molecule has 4 atom stereocenters. The molecule has 2 aromatic rings. The highest BCUT2D eigenvalue weighted by molar-refractivity contribution is 5.84. The molecule has 2 nitrogen and oxygen atoms in total. The fraction of sp³-hybridized carbons (Fsp3) is 0.500. The van der Waals surface area contributed by atoms with Crippen LogP contribution in [0.15, 0.2) is 36.4 Å². The van der Waals surface area contributed by atoms with Crippen LogP contribution in [0.4, 0.5) is 0 Å². The van der Waals surface area contributed by atoms with Crippen molar-refractivity contribution in [2.45, 2.75) is 25.2 Å². The Morgan fingerprint density at radius 3 is 2.55 bits per heavy atom. The van der Waals surface area contributed by atoms with E-state index in [2.05, 4.69) is 37.2 Å². The van der Waals surface area contributed by atoms with E-state index in [0.29, 0.717) is 5.75 Å². The van der Waals surface area contributed by atoms with Crippen LogP contribution in [0.2, 0.25) is 0 Å². The SMILES string of the molecule is CN(C)C[C@H]1[C@H]2CC[C@H](C2)[C@@H]1c1ccc2cc(O)ccc2c1. The Balaban J connectivity index is 1.71. The minimum absolute atomic E-state index is 0.352. The Kier molecular flexibility index (Phi) is 3.37. The van der Waals surface area contributed by atoms with Gasteiger partial charge >= 0.3 is 0 Å². The molecule has 0 spiro atoms. The van der Waals surface area contributed by atoms with Crippen LogP contribution in [0.25, 0.3) is 10.8 Å². The van der Waals surface area contributed by atoms with E-state index in [1.807, 2.05) is 12.1 Å². The summed E-state index contributed by atoms with van der Waals surface area (Å²) in [6, 6.07) is 12.5. The van der Waals surface area contributed by atoms with Gasteiger partial charge in [-0.1, -0.05) is 24.3 Å². The van der Waals surface area contributed by atoms with Gasteiger partial charge in [-0.25, -0.2) is 0 Å². The lowest BCUT2D eigenvalue weighted by molar-refractivity contribution is 0.219. The monoisotopic (exact) mass is 295 g/mol. The summed E-state index contributed by atoms with van der Waals surface area (Å²) in [5.41, 5.74) is 1.51. The Morgan fingerprint density at radius 2 is 1.73 bits per heavy atom. The third kappa shape index (κ3) is 2.30. The van der Waals surface area contributed by atoms with Gasteiger partial charge in [0.1, 0.15) is 5.75 Å². The summed E-state index contributed by atoms with van der Waals surface area (Å²) < 4.78 is 0. The van der Waals surface area contributed by atoms with E-state index >= 15 is 0 Å². The minimum atomic E-state index is 0.352. The summed E-state index contributed by atoms with van der Waals surface area (Å²) in [7, 11) is 4.40. The lowest BCUT2D eigenvalue weighted by Crippen LogP contribution is -2.30. The van der Waals surface area contributed by atoms with Crippen LogP contribution >= 0.6 is 0 Å². The highest BCUT2D eigenvalue weighted by Gasteiger charge is 2.47. The van der Waals surface area contributed by atoms with E-state index in [-0.39, 0.29) is 0 Å². The molecule has 1 N–H and O–H groups in total. The van der Waals surface area contributed by atoms with Crippen molar-refractivity contribution in [2.75, 3.05) is 20.6 Å². The van der Waals surface area contributed by atoms with Crippen LogP contribution in [-0.4, -0.2) is 30.6 Å². The van der Waals surface area contributed by atoms with Crippen LogP contribution in [0.1, 0.15) is 30.7 Å². The van der Waals surface area contributed by atoms with Gasteiger partial charge < -0.3 is 10.0 Å². The largest absolute Gasteiger partial charge is 0.508 e. The molecule has 2 bridgehead atoms. The molecule has 2 heteroatoms.